The van der Waals surface area contributed by atoms with Crippen molar-refractivity contribution >= 4 is 23.1 Å². The van der Waals surface area contributed by atoms with Gasteiger partial charge in [0.2, 0.25) is 5.78 Å². The molecular formula is C13H11NO4S. The van der Waals surface area contributed by atoms with E-state index in [1.807, 2.05) is 18.2 Å². The Kier molecular flexibility index (Phi) is 4.25. The molecule has 6 heteroatoms. The maximum Gasteiger partial charge on any atom is 0.309 e. The average Bonchev–Trinajstić information content (AvgIpc) is 2.85. The molecule has 1 N–H and O–H groups in total. The molecule has 1 aromatic heterocycles. The van der Waals surface area contributed by atoms with E-state index in [2.05, 4.69) is 4.98 Å². The largest absolute Gasteiger partial charge is 0.485 e. The summed E-state index contributed by atoms with van der Waals surface area (Å²) >= 11 is 1.13. The van der Waals surface area contributed by atoms with Crippen molar-refractivity contribution in [3.8, 4) is 5.75 Å². The third kappa shape index (κ3) is 3.89. The molecule has 0 saturated heterocycles. The Morgan fingerprint density at radius 2 is 2.00 bits per heavy atom. The zero-order valence-electron chi connectivity index (χ0n) is 9.91. The average molecular weight is 277 g/mol. The van der Waals surface area contributed by atoms with E-state index in [1.165, 1.54) is 0 Å². The monoisotopic (exact) mass is 277 g/mol. The maximum atomic E-state index is 11.8. The maximum absolute atomic E-state index is 11.8. The molecule has 0 spiro atoms. The van der Waals surface area contributed by atoms with Crippen molar-refractivity contribution < 1.29 is 19.4 Å². The minimum absolute atomic E-state index is 0.107. The SMILES string of the molecule is O=C(O)Cc1csc(C(=O)COc2ccccc2)n1. The standard InChI is InChI=1S/C13H11NO4S/c15-11(7-18-10-4-2-1-3-5-10)13-14-9(8-19-13)6-12(16)17/h1-5,8H,6-7H2,(H,16,17). The van der Waals surface area contributed by atoms with Gasteiger partial charge in [-0.1, -0.05) is 18.2 Å². The van der Waals surface area contributed by atoms with E-state index in [4.69, 9.17) is 9.84 Å². The van der Waals surface area contributed by atoms with Gasteiger partial charge in [0.05, 0.1) is 12.1 Å². The highest BCUT2D eigenvalue weighted by Gasteiger charge is 2.13. The third-order valence-electron chi connectivity index (χ3n) is 2.24. The lowest BCUT2D eigenvalue weighted by Gasteiger charge is -2.02. The topological polar surface area (TPSA) is 76.5 Å². The van der Waals surface area contributed by atoms with Crippen molar-refractivity contribution in [1.29, 1.82) is 0 Å². The quantitative estimate of drug-likeness (QED) is 0.817. The molecule has 0 aliphatic rings. The summed E-state index contributed by atoms with van der Waals surface area (Å²) in [5.41, 5.74) is 0.389. The molecule has 0 aliphatic heterocycles. The Labute approximate surface area is 113 Å². The number of ether oxygens (including phenoxy) is 1. The molecule has 0 fully saturated rings. The fraction of sp³-hybridized carbons (Fsp3) is 0.154. The van der Waals surface area contributed by atoms with E-state index < -0.39 is 5.97 Å². The molecule has 0 amide bonds. The van der Waals surface area contributed by atoms with Gasteiger partial charge < -0.3 is 9.84 Å². The second-order valence-electron chi connectivity index (χ2n) is 3.74. The number of nitrogens with zero attached hydrogens (tertiary/aromatic N) is 1. The second-order valence-corrected chi connectivity index (χ2v) is 4.60. The molecule has 0 atom stereocenters. The molecule has 5 nitrogen and oxygen atoms in total. The van der Waals surface area contributed by atoms with Gasteiger partial charge in [-0.05, 0) is 12.1 Å². The van der Waals surface area contributed by atoms with Crippen LogP contribution in [0.1, 0.15) is 15.5 Å². The number of carbonyl (C=O) groups excluding carboxylic acids is 1. The third-order valence-corrected chi connectivity index (χ3v) is 3.17. The van der Waals surface area contributed by atoms with E-state index in [0.717, 1.165) is 11.3 Å². The number of carboxylic acids is 1. The molecule has 0 bridgehead atoms. The predicted molar refractivity (Wildman–Crippen MR) is 69.7 cm³/mol. The highest BCUT2D eigenvalue weighted by Crippen LogP contribution is 2.13. The van der Waals surface area contributed by atoms with Crippen LogP contribution in [0.25, 0.3) is 0 Å². The second kappa shape index (κ2) is 6.10. The summed E-state index contributed by atoms with van der Waals surface area (Å²) in [6.07, 6.45) is -0.177. The summed E-state index contributed by atoms with van der Waals surface area (Å²) in [6.45, 7) is -0.107. The van der Waals surface area contributed by atoms with Gasteiger partial charge in [-0.2, -0.15) is 0 Å². The molecular weight excluding hydrogens is 266 g/mol. The first kappa shape index (κ1) is 13.2. The Morgan fingerprint density at radius 3 is 2.68 bits per heavy atom. The summed E-state index contributed by atoms with van der Waals surface area (Å²) in [5.74, 6) is -0.617. The van der Waals surface area contributed by atoms with Crippen LogP contribution in [0.4, 0.5) is 0 Å². The molecule has 1 heterocycles. The number of benzene rings is 1. The zero-order valence-corrected chi connectivity index (χ0v) is 10.7. The first-order valence-corrected chi connectivity index (χ1v) is 6.40. The Balaban J connectivity index is 1.93. The number of rotatable bonds is 6. The van der Waals surface area contributed by atoms with Gasteiger partial charge >= 0.3 is 5.97 Å². The minimum atomic E-state index is -0.968. The van der Waals surface area contributed by atoms with Crippen molar-refractivity contribution in [1.82, 2.24) is 4.98 Å². The van der Waals surface area contributed by atoms with E-state index in [9.17, 15) is 9.59 Å². The van der Waals surface area contributed by atoms with Gasteiger partial charge in [-0.25, -0.2) is 4.98 Å². The highest BCUT2D eigenvalue weighted by molar-refractivity contribution is 7.11. The molecule has 0 unspecified atom stereocenters. The van der Waals surface area contributed by atoms with Gasteiger partial charge in [0.15, 0.2) is 11.6 Å². The van der Waals surface area contributed by atoms with Crippen LogP contribution in [0, 0.1) is 0 Å². The molecule has 2 rings (SSSR count). The van der Waals surface area contributed by atoms with Gasteiger partial charge in [0, 0.05) is 5.38 Å². The van der Waals surface area contributed by atoms with Gasteiger partial charge in [-0.3, -0.25) is 9.59 Å². The van der Waals surface area contributed by atoms with Crippen LogP contribution in [0.15, 0.2) is 35.7 Å². The number of Topliss-reactive ketones (excluding diaryl/α,β-unsaturated/α-hetero) is 1. The normalized spacial score (nSPS) is 10.1. The Hall–Kier alpha value is -2.21. The zero-order chi connectivity index (χ0) is 13.7. The fourth-order valence-corrected chi connectivity index (χ4v) is 2.14. The number of aliphatic carboxylic acids is 1. The first-order valence-electron chi connectivity index (χ1n) is 5.52. The van der Waals surface area contributed by atoms with Crippen LogP contribution in [0.3, 0.4) is 0 Å². The van der Waals surface area contributed by atoms with E-state index in [-0.39, 0.29) is 23.8 Å². The number of para-hydroxylation sites is 1. The Morgan fingerprint density at radius 1 is 1.26 bits per heavy atom. The summed E-state index contributed by atoms with van der Waals surface area (Å²) in [6, 6.07) is 8.99. The number of hydrogen-bond donors (Lipinski definition) is 1. The smallest absolute Gasteiger partial charge is 0.309 e. The van der Waals surface area contributed by atoms with E-state index in [0.29, 0.717) is 11.4 Å². The molecule has 0 radical (unpaired) electrons. The van der Waals surface area contributed by atoms with Crippen LogP contribution in [-0.2, 0) is 11.2 Å². The molecule has 0 saturated carbocycles. The van der Waals surface area contributed by atoms with Crippen LogP contribution >= 0.6 is 11.3 Å². The number of ketones is 1. The molecule has 1 aromatic carbocycles. The number of carbonyl (C=O) groups is 2. The Bertz CT molecular complexity index is 579. The summed E-state index contributed by atoms with van der Waals surface area (Å²) in [7, 11) is 0. The predicted octanol–water partition coefficient (Wildman–Crippen LogP) is 2.03. The van der Waals surface area contributed by atoms with Crippen molar-refractivity contribution in [3.05, 3.63) is 46.4 Å². The highest BCUT2D eigenvalue weighted by atomic mass is 32.1. The number of thiazole rings is 1. The van der Waals surface area contributed by atoms with Crippen LogP contribution in [-0.4, -0.2) is 28.4 Å². The first-order chi connectivity index (χ1) is 9.15. The number of hydrogen-bond acceptors (Lipinski definition) is 5. The van der Waals surface area contributed by atoms with Crippen LogP contribution < -0.4 is 4.74 Å². The van der Waals surface area contributed by atoms with Crippen molar-refractivity contribution in [2.24, 2.45) is 0 Å². The van der Waals surface area contributed by atoms with Crippen molar-refractivity contribution in [2.75, 3.05) is 6.61 Å². The molecule has 19 heavy (non-hydrogen) atoms. The molecule has 2 aromatic rings. The van der Waals surface area contributed by atoms with E-state index >= 15 is 0 Å². The summed E-state index contributed by atoms with van der Waals surface area (Å²) in [5, 5.41) is 10.5. The van der Waals surface area contributed by atoms with Gasteiger partial charge in [0.25, 0.3) is 0 Å². The minimum Gasteiger partial charge on any atom is -0.485 e. The lowest BCUT2D eigenvalue weighted by atomic mass is 10.3. The fourth-order valence-electron chi connectivity index (χ4n) is 1.40. The van der Waals surface area contributed by atoms with Crippen molar-refractivity contribution in [2.45, 2.75) is 6.42 Å². The number of aromatic nitrogens is 1. The lowest BCUT2D eigenvalue weighted by molar-refractivity contribution is -0.136. The van der Waals surface area contributed by atoms with Crippen LogP contribution in [0.2, 0.25) is 0 Å². The van der Waals surface area contributed by atoms with E-state index in [1.54, 1.807) is 17.5 Å². The van der Waals surface area contributed by atoms with Gasteiger partial charge in [-0.15, -0.1) is 11.3 Å². The number of carboxylic acid groups (broad SMARTS) is 1. The van der Waals surface area contributed by atoms with Crippen molar-refractivity contribution in [3.63, 3.8) is 0 Å². The lowest BCUT2D eigenvalue weighted by Crippen LogP contribution is -2.11. The van der Waals surface area contributed by atoms with Crippen LogP contribution in [0.5, 0.6) is 5.75 Å². The molecule has 0 aliphatic carbocycles. The summed E-state index contributed by atoms with van der Waals surface area (Å²) < 4.78 is 5.31. The molecule has 98 valence electrons. The summed E-state index contributed by atoms with van der Waals surface area (Å²) in [4.78, 5) is 26.3. The van der Waals surface area contributed by atoms with Gasteiger partial charge in [0.1, 0.15) is 5.75 Å².